The van der Waals surface area contributed by atoms with E-state index in [2.05, 4.69) is 39.6 Å². The molecule has 12 heavy (non-hydrogen) atoms. The van der Waals surface area contributed by atoms with Gasteiger partial charge in [-0.05, 0) is 18.3 Å². The largest absolute Gasteiger partial charge is 0.294 e. The van der Waals surface area contributed by atoms with E-state index in [4.69, 9.17) is 0 Å². The average molecular weight is 167 g/mol. The predicted octanol–water partition coefficient (Wildman–Crippen LogP) is 3.29. The van der Waals surface area contributed by atoms with E-state index >= 15 is 0 Å². The van der Waals surface area contributed by atoms with Crippen molar-refractivity contribution in [2.45, 2.75) is 47.5 Å². The molecular formula is C11H21N. The lowest BCUT2D eigenvalue weighted by Gasteiger charge is -2.45. The third-order valence-electron chi connectivity index (χ3n) is 3.79. The van der Waals surface area contributed by atoms with Gasteiger partial charge in [-0.15, -0.1) is 0 Å². The van der Waals surface area contributed by atoms with Crippen molar-refractivity contribution in [1.82, 2.24) is 0 Å². The Labute approximate surface area is 76.3 Å². The van der Waals surface area contributed by atoms with E-state index in [0.29, 0.717) is 10.8 Å². The number of nitrogens with zero attached hydrogens (tertiary/aromatic N) is 1. The molecule has 1 rings (SSSR count). The van der Waals surface area contributed by atoms with Crippen LogP contribution in [0.4, 0.5) is 0 Å². The minimum absolute atomic E-state index is 0.292. The van der Waals surface area contributed by atoms with Crippen LogP contribution in [-0.2, 0) is 0 Å². The van der Waals surface area contributed by atoms with Crippen LogP contribution in [0.25, 0.3) is 0 Å². The second-order valence-corrected chi connectivity index (χ2v) is 4.94. The summed E-state index contributed by atoms with van der Waals surface area (Å²) in [4.78, 5) is 4.61. The molecule has 70 valence electrons. The first-order chi connectivity index (χ1) is 5.42. The lowest BCUT2D eigenvalue weighted by molar-refractivity contribution is 0.161. The normalized spacial score (nSPS) is 26.6. The van der Waals surface area contributed by atoms with Gasteiger partial charge in [0.2, 0.25) is 0 Å². The molecule has 1 aliphatic rings. The molecule has 1 heteroatoms. The molecular weight excluding hydrogens is 146 g/mol. The Hall–Kier alpha value is -0.330. The van der Waals surface area contributed by atoms with E-state index in [9.17, 15) is 0 Å². The molecule has 1 heterocycles. The number of aliphatic imine (C=N–C) groups is 1. The summed E-state index contributed by atoms with van der Waals surface area (Å²) in [5, 5.41) is 0. The van der Waals surface area contributed by atoms with Crippen molar-refractivity contribution in [2.75, 3.05) is 6.54 Å². The van der Waals surface area contributed by atoms with Crippen molar-refractivity contribution in [2.24, 2.45) is 15.8 Å². The van der Waals surface area contributed by atoms with Crippen molar-refractivity contribution in [3.05, 3.63) is 0 Å². The standard InChI is InChI=1S/C11H21N/c1-6-9-11(4,5)10(2,3)7-8-12-9/h6-8H2,1-5H3. The summed E-state index contributed by atoms with van der Waals surface area (Å²) in [5.41, 5.74) is 2.11. The Morgan fingerprint density at radius 1 is 1.25 bits per heavy atom. The van der Waals surface area contributed by atoms with Gasteiger partial charge in [0, 0.05) is 17.7 Å². The third kappa shape index (κ3) is 1.30. The van der Waals surface area contributed by atoms with Gasteiger partial charge in [0.05, 0.1) is 0 Å². The first-order valence-electron chi connectivity index (χ1n) is 4.95. The summed E-state index contributed by atoms with van der Waals surface area (Å²) < 4.78 is 0. The molecule has 0 unspecified atom stereocenters. The first kappa shape index (κ1) is 9.76. The molecule has 0 N–H and O–H groups in total. The zero-order valence-electron chi connectivity index (χ0n) is 9.07. The fourth-order valence-electron chi connectivity index (χ4n) is 1.92. The summed E-state index contributed by atoms with van der Waals surface area (Å²) in [7, 11) is 0. The summed E-state index contributed by atoms with van der Waals surface area (Å²) in [6.07, 6.45) is 2.33. The highest BCUT2D eigenvalue weighted by Crippen LogP contribution is 2.45. The molecule has 0 saturated carbocycles. The molecule has 0 aromatic carbocycles. The first-order valence-corrected chi connectivity index (χ1v) is 4.95. The molecule has 0 fully saturated rings. The minimum atomic E-state index is 0.292. The summed E-state index contributed by atoms with van der Waals surface area (Å²) in [6, 6.07) is 0. The van der Waals surface area contributed by atoms with Crippen molar-refractivity contribution >= 4 is 5.71 Å². The predicted molar refractivity (Wildman–Crippen MR) is 54.8 cm³/mol. The zero-order chi connectivity index (χ0) is 9.41. The zero-order valence-corrected chi connectivity index (χ0v) is 9.07. The number of hydrogen-bond acceptors (Lipinski definition) is 1. The Bertz CT molecular complexity index is 199. The minimum Gasteiger partial charge on any atom is -0.294 e. The molecule has 0 saturated heterocycles. The van der Waals surface area contributed by atoms with Crippen molar-refractivity contribution in [3.8, 4) is 0 Å². The van der Waals surface area contributed by atoms with Crippen molar-refractivity contribution < 1.29 is 0 Å². The van der Waals surface area contributed by atoms with Gasteiger partial charge in [-0.3, -0.25) is 4.99 Å². The fraction of sp³-hybridized carbons (Fsp3) is 0.909. The van der Waals surface area contributed by atoms with E-state index in [1.165, 1.54) is 12.1 Å². The van der Waals surface area contributed by atoms with Crippen LogP contribution in [-0.4, -0.2) is 12.3 Å². The highest BCUT2D eigenvalue weighted by molar-refractivity contribution is 5.90. The molecule has 1 nitrogen and oxygen atoms in total. The van der Waals surface area contributed by atoms with Crippen LogP contribution >= 0.6 is 0 Å². The summed E-state index contributed by atoms with van der Waals surface area (Å²) in [5.74, 6) is 0. The second kappa shape index (κ2) is 2.86. The molecule has 0 aromatic heterocycles. The van der Waals surface area contributed by atoms with Crippen LogP contribution in [0.2, 0.25) is 0 Å². The van der Waals surface area contributed by atoms with Gasteiger partial charge in [-0.1, -0.05) is 34.6 Å². The highest BCUT2D eigenvalue weighted by atomic mass is 14.8. The topological polar surface area (TPSA) is 12.4 Å². The maximum absolute atomic E-state index is 4.61. The van der Waals surface area contributed by atoms with Gasteiger partial charge in [0.25, 0.3) is 0 Å². The summed E-state index contributed by atoms with van der Waals surface area (Å²) in [6.45, 7) is 12.6. The van der Waals surface area contributed by atoms with Crippen LogP contribution in [0.3, 0.4) is 0 Å². The third-order valence-corrected chi connectivity index (χ3v) is 3.79. The molecule has 0 spiro atoms. The monoisotopic (exact) mass is 167 g/mol. The number of hydrogen-bond donors (Lipinski definition) is 0. The van der Waals surface area contributed by atoms with Crippen LogP contribution in [0.1, 0.15) is 47.5 Å². The van der Waals surface area contributed by atoms with Gasteiger partial charge in [0.15, 0.2) is 0 Å². The van der Waals surface area contributed by atoms with Gasteiger partial charge in [0.1, 0.15) is 0 Å². The molecule has 0 aromatic rings. The Balaban J connectivity index is 2.99. The van der Waals surface area contributed by atoms with Crippen LogP contribution < -0.4 is 0 Å². The van der Waals surface area contributed by atoms with Gasteiger partial charge in [-0.25, -0.2) is 0 Å². The molecule has 0 bridgehead atoms. The lowest BCUT2D eigenvalue weighted by Crippen LogP contribution is -2.43. The van der Waals surface area contributed by atoms with Crippen LogP contribution in [0.15, 0.2) is 4.99 Å². The second-order valence-electron chi connectivity index (χ2n) is 4.94. The van der Waals surface area contributed by atoms with E-state index < -0.39 is 0 Å². The molecule has 0 atom stereocenters. The van der Waals surface area contributed by atoms with Crippen molar-refractivity contribution in [3.63, 3.8) is 0 Å². The van der Waals surface area contributed by atoms with Gasteiger partial charge in [-0.2, -0.15) is 0 Å². The molecule has 0 aliphatic carbocycles. The maximum Gasteiger partial charge on any atom is 0.0394 e. The molecule has 0 radical (unpaired) electrons. The van der Waals surface area contributed by atoms with E-state index in [0.717, 1.165) is 13.0 Å². The SMILES string of the molecule is CCC1=NCCC(C)(C)C1(C)C. The Morgan fingerprint density at radius 3 is 2.25 bits per heavy atom. The molecule has 1 aliphatic heterocycles. The van der Waals surface area contributed by atoms with Gasteiger partial charge < -0.3 is 0 Å². The smallest absolute Gasteiger partial charge is 0.0394 e. The quantitative estimate of drug-likeness (QED) is 0.568. The van der Waals surface area contributed by atoms with E-state index in [-0.39, 0.29) is 0 Å². The Kier molecular flexibility index (Phi) is 2.33. The fourth-order valence-corrected chi connectivity index (χ4v) is 1.92. The van der Waals surface area contributed by atoms with Gasteiger partial charge >= 0.3 is 0 Å². The number of rotatable bonds is 1. The summed E-state index contributed by atoms with van der Waals surface area (Å²) >= 11 is 0. The lowest BCUT2D eigenvalue weighted by atomic mass is 9.61. The van der Waals surface area contributed by atoms with E-state index in [1.807, 2.05) is 0 Å². The molecule has 0 amide bonds. The van der Waals surface area contributed by atoms with Crippen molar-refractivity contribution in [1.29, 1.82) is 0 Å². The van der Waals surface area contributed by atoms with Crippen LogP contribution in [0.5, 0.6) is 0 Å². The average Bonchev–Trinajstić information content (AvgIpc) is 1.95. The highest BCUT2D eigenvalue weighted by Gasteiger charge is 2.41. The van der Waals surface area contributed by atoms with Crippen LogP contribution in [0, 0.1) is 10.8 Å². The van der Waals surface area contributed by atoms with E-state index in [1.54, 1.807) is 0 Å². The maximum atomic E-state index is 4.61. The Morgan fingerprint density at radius 2 is 1.83 bits per heavy atom.